The SMILES string of the molecule is Brc1cc(Br)cc(-c2sc(I)cc2-c2ccccc2)c1. The molecule has 0 amide bonds. The Morgan fingerprint density at radius 1 is 0.800 bits per heavy atom. The number of hydrogen-bond donors (Lipinski definition) is 0. The van der Waals surface area contributed by atoms with Gasteiger partial charge in [-0.05, 0) is 58.0 Å². The van der Waals surface area contributed by atoms with Gasteiger partial charge in [-0.2, -0.15) is 0 Å². The van der Waals surface area contributed by atoms with Gasteiger partial charge in [0.2, 0.25) is 0 Å². The summed E-state index contributed by atoms with van der Waals surface area (Å²) in [5, 5.41) is 0. The number of thiophene rings is 1. The Hall–Kier alpha value is -0.170. The summed E-state index contributed by atoms with van der Waals surface area (Å²) in [5.74, 6) is 0. The smallest absolute Gasteiger partial charge is 0.0666 e. The van der Waals surface area contributed by atoms with Crippen molar-refractivity contribution in [3.8, 4) is 21.6 Å². The number of benzene rings is 2. The van der Waals surface area contributed by atoms with E-state index in [4.69, 9.17) is 0 Å². The molecule has 0 N–H and O–H groups in total. The van der Waals surface area contributed by atoms with E-state index in [0.29, 0.717) is 0 Å². The van der Waals surface area contributed by atoms with E-state index in [9.17, 15) is 0 Å². The van der Waals surface area contributed by atoms with Crippen molar-refractivity contribution in [3.63, 3.8) is 0 Å². The molecule has 0 radical (unpaired) electrons. The van der Waals surface area contributed by atoms with Gasteiger partial charge in [0.05, 0.1) is 2.88 Å². The highest BCUT2D eigenvalue weighted by atomic mass is 127. The monoisotopic (exact) mass is 518 g/mol. The van der Waals surface area contributed by atoms with Crippen LogP contribution in [0.25, 0.3) is 21.6 Å². The predicted octanol–water partition coefficient (Wildman–Crippen LogP) is 7.21. The molecule has 3 aromatic rings. The molecule has 100 valence electrons. The molecule has 20 heavy (non-hydrogen) atoms. The third-order valence-corrected chi connectivity index (χ3v) is 5.77. The maximum atomic E-state index is 3.57. The molecule has 1 aromatic heterocycles. The van der Waals surface area contributed by atoms with Gasteiger partial charge in [0, 0.05) is 19.4 Å². The second-order valence-corrected chi connectivity index (χ2v) is 9.10. The first-order valence-corrected chi connectivity index (χ1v) is 9.43. The van der Waals surface area contributed by atoms with Crippen molar-refractivity contribution in [1.29, 1.82) is 0 Å². The van der Waals surface area contributed by atoms with E-state index >= 15 is 0 Å². The van der Waals surface area contributed by atoms with E-state index in [2.05, 4.69) is 109 Å². The molecule has 0 unspecified atom stereocenters. The molecule has 0 spiro atoms. The van der Waals surface area contributed by atoms with E-state index in [0.717, 1.165) is 8.95 Å². The van der Waals surface area contributed by atoms with Gasteiger partial charge in [0.1, 0.15) is 0 Å². The van der Waals surface area contributed by atoms with E-state index in [-0.39, 0.29) is 0 Å². The van der Waals surface area contributed by atoms with Crippen molar-refractivity contribution in [2.24, 2.45) is 0 Å². The summed E-state index contributed by atoms with van der Waals surface area (Å²) in [5.41, 5.74) is 3.79. The summed E-state index contributed by atoms with van der Waals surface area (Å²) in [7, 11) is 0. The minimum atomic E-state index is 1.09. The fourth-order valence-corrected chi connectivity index (χ4v) is 5.25. The van der Waals surface area contributed by atoms with E-state index in [1.54, 1.807) is 0 Å². The van der Waals surface area contributed by atoms with Crippen LogP contribution in [0, 0.1) is 2.88 Å². The molecule has 1 heterocycles. The normalized spacial score (nSPS) is 10.8. The van der Waals surface area contributed by atoms with Crippen molar-refractivity contribution in [1.82, 2.24) is 0 Å². The zero-order valence-electron chi connectivity index (χ0n) is 10.2. The van der Waals surface area contributed by atoms with Crippen molar-refractivity contribution in [2.75, 3.05) is 0 Å². The van der Waals surface area contributed by atoms with Gasteiger partial charge in [-0.1, -0.05) is 62.2 Å². The van der Waals surface area contributed by atoms with Crippen LogP contribution in [-0.4, -0.2) is 0 Å². The highest BCUT2D eigenvalue weighted by molar-refractivity contribution is 14.1. The Morgan fingerprint density at radius 3 is 2.10 bits per heavy atom. The van der Waals surface area contributed by atoms with Crippen molar-refractivity contribution >= 4 is 65.8 Å². The fraction of sp³-hybridized carbons (Fsp3) is 0. The van der Waals surface area contributed by atoms with Crippen LogP contribution in [0.2, 0.25) is 0 Å². The Morgan fingerprint density at radius 2 is 1.45 bits per heavy atom. The summed E-state index contributed by atoms with van der Waals surface area (Å²) in [6.45, 7) is 0. The Kier molecular flexibility index (Phi) is 4.65. The van der Waals surface area contributed by atoms with Gasteiger partial charge in [0.15, 0.2) is 0 Å². The molecule has 0 bridgehead atoms. The van der Waals surface area contributed by atoms with Crippen molar-refractivity contribution in [2.45, 2.75) is 0 Å². The lowest BCUT2D eigenvalue weighted by atomic mass is 10.0. The van der Waals surface area contributed by atoms with Crippen molar-refractivity contribution < 1.29 is 0 Å². The zero-order chi connectivity index (χ0) is 14.1. The molecule has 0 aliphatic carbocycles. The van der Waals surface area contributed by atoms with Gasteiger partial charge < -0.3 is 0 Å². The molecule has 0 aliphatic heterocycles. The topological polar surface area (TPSA) is 0 Å². The Balaban J connectivity index is 2.19. The van der Waals surface area contributed by atoms with Gasteiger partial charge in [-0.25, -0.2) is 0 Å². The van der Waals surface area contributed by atoms with Crippen LogP contribution in [0.3, 0.4) is 0 Å². The van der Waals surface area contributed by atoms with Gasteiger partial charge in [-0.15, -0.1) is 11.3 Å². The lowest BCUT2D eigenvalue weighted by Gasteiger charge is -2.06. The average Bonchev–Trinajstić information content (AvgIpc) is 2.81. The quantitative estimate of drug-likeness (QED) is 0.314. The van der Waals surface area contributed by atoms with Crippen LogP contribution in [0.4, 0.5) is 0 Å². The summed E-state index contributed by atoms with van der Waals surface area (Å²) in [4.78, 5) is 1.31. The standard InChI is InChI=1S/C16H9Br2IS/c17-12-6-11(7-13(18)8-12)16-14(9-15(19)20-16)10-4-2-1-3-5-10/h1-9H. The summed E-state index contributed by atoms with van der Waals surface area (Å²) in [6.07, 6.45) is 0. The van der Waals surface area contributed by atoms with E-state index < -0.39 is 0 Å². The molecule has 0 saturated heterocycles. The largest absolute Gasteiger partial charge is 0.129 e. The molecular formula is C16H9Br2IS. The number of halogens is 3. The number of hydrogen-bond acceptors (Lipinski definition) is 1. The lowest BCUT2D eigenvalue weighted by Crippen LogP contribution is -1.80. The van der Waals surface area contributed by atoms with E-state index in [1.165, 1.54) is 24.5 Å². The van der Waals surface area contributed by atoms with Crippen LogP contribution < -0.4 is 0 Å². The first-order chi connectivity index (χ1) is 9.63. The lowest BCUT2D eigenvalue weighted by molar-refractivity contribution is 1.59. The third-order valence-electron chi connectivity index (χ3n) is 2.91. The molecule has 3 rings (SSSR count). The minimum Gasteiger partial charge on any atom is -0.129 e. The first-order valence-electron chi connectivity index (χ1n) is 5.95. The summed E-state index contributed by atoms with van der Waals surface area (Å²) < 4.78 is 3.47. The zero-order valence-corrected chi connectivity index (χ0v) is 16.4. The molecular weight excluding hydrogens is 511 g/mol. The molecule has 0 atom stereocenters. The van der Waals surface area contributed by atoms with Crippen molar-refractivity contribution in [3.05, 3.63) is 66.4 Å². The van der Waals surface area contributed by atoms with Crippen LogP contribution in [0.1, 0.15) is 0 Å². The highest BCUT2D eigenvalue weighted by Crippen LogP contribution is 2.41. The first kappa shape index (κ1) is 14.8. The highest BCUT2D eigenvalue weighted by Gasteiger charge is 2.12. The Bertz CT molecular complexity index is 730. The second-order valence-electron chi connectivity index (χ2n) is 4.32. The van der Waals surface area contributed by atoms with Gasteiger partial charge >= 0.3 is 0 Å². The molecule has 4 heteroatoms. The molecule has 0 fully saturated rings. The fourth-order valence-electron chi connectivity index (χ4n) is 2.09. The molecule has 0 nitrogen and oxygen atoms in total. The van der Waals surface area contributed by atoms with Gasteiger partial charge in [-0.3, -0.25) is 0 Å². The van der Waals surface area contributed by atoms with Crippen LogP contribution >= 0.6 is 65.8 Å². The van der Waals surface area contributed by atoms with Crippen LogP contribution in [0.5, 0.6) is 0 Å². The van der Waals surface area contributed by atoms with E-state index in [1.807, 2.05) is 11.3 Å². The predicted molar refractivity (Wildman–Crippen MR) is 103 cm³/mol. The number of rotatable bonds is 2. The summed E-state index contributed by atoms with van der Waals surface area (Å²) in [6, 6.07) is 19.2. The minimum absolute atomic E-state index is 1.09. The van der Waals surface area contributed by atoms with Gasteiger partial charge in [0.25, 0.3) is 0 Å². The Labute approximate surface area is 152 Å². The van der Waals surface area contributed by atoms with Crippen LogP contribution in [-0.2, 0) is 0 Å². The van der Waals surface area contributed by atoms with Crippen LogP contribution in [0.15, 0.2) is 63.5 Å². The summed E-state index contributed by atoms with van der Waals surface area (Å²) >= 11 is 11.4. The molecule has 0 saturated carbocycles. The maximum absolute atomic E-state index is 3.57. The maximum Gasteiger partial charge on any atom is 0.0666 e. The second kappa shape index (κ2) is 6.30. The molecule has 2 aromatic carbocycles. The third kappa shape index (κ3) is 3.18. The average molecular weight is 520 g/mol. The molecule has 0 aliphatic rings.